The van der Waals surface area contributed by atoms with E-state index in [1.54, 1.807) is 29.8 Å². The van der Waals surface area contributed by atoms with Gasteiger partial charge in [-0.1, -0.05) is 36.4 Å². The van der Waals surface area contributed by atoms with E-state index in [0.29, 0.717) is 24.7 Å². The molecule has 4 amide bonds. The van der Waals surface area contributed by atoms with Crippen molar-refractivity contribution < 1.29 is 33.1 Å². The molecule has 296 valence electrons. The summed E-state index contributed by atoms with van der Waals surface area (Å²) in [5.74, 6) is 1.05. The Labute approximate surface area is 328 Å². The first-order valence-electron chi connectivity index (χ1n) is 19.4. The first-order chi connectivity index (χ1) is 27.6. The van der Waals surface area contributed by atoms with Crippen LogP contribution in [0.15, 0.2) is 65.3 Å². The summed E-state index contributed by atoms with van der Waals surface area (Å²) in [6, 6.07) is 14.5. The van der Waals surface area contributed by atoms with Gasteiger partial charge in [0.2, 0.25) is 11.8 Å². The molecule has 2 bridgehead atoms. The van der Waals surface area contributed by atoms with Crippen molar-refractivity contribution >= 4 is 45.9 Å². The van der Waals surface area contributed by atoms with Gasteiger partial charge in [0.05, 0.1) is 50.1 Å². The number of aromatic amines is 2. The highest BCUT2D eigenvalue weighted by molar-refractivity contribution is 6.19. The summed E-state index contributed by atoms with van der Waals surface area (Å²) in [6.07, 6.45) is 7.54. The molecule has 2 fully saturated rings. The van der Waals surface area contributed by atoms with Crippen LogP contribution in [0.1, 0.15) is 76.1 Å². The third kappa shape index (κ3) is 7.13. The lowest BCUT2D eigenvalue weighted by atomic mass is 9.93. The van der Waals surface area contributed by atoms with Crippen LogP contribution in [-0.2, 0) is 19.1 Å². The third-order valence-electron chi connectivity index (χ3n) is 11.3. The Hall–Kier alpha value is -6.38. The van der Waals surface area contributed by atoms with Crippen LogP contribution in [0.5, 0.6) is 0 Å². The van der Waals surface area contributed by atoms with E-state index >= 15 is 0 Å². The second kappa shape index (κ2) is 15.6. The Morgan fingerprint density at radius 1 is 0.667 bits per heavy atom. The van der Waals surface area contributed by atoms with Gasteiger partial charge in [-0.2, -0.15) is 0 Å². The van der Waals surface area contributed by atoms with Crippen molar-refractivity contribution in [2.24, 2.45) is 0 Å². The number of ether oxygens (including phenoxy) is 2. The predicted octanol–water partition coefficient (Wildman–Crippen LogP) is 7.07. The summed E-state index contributed by atoms with van der Waals surface area (Å²) < 4.78 is 15.6. The van der Waals surface area contributed by atoms with E-state index in [4.69, 9.17) is 19.1 Å². The molecule has 0 spiro atoms. The molecular formula is C42H46N8O7. The number of imidazole rings is 2. The molecular weight excluding hydrogens is 729 g/mol. The third-order valence-corrected chi connectivity index (χ3v) is 11.3. The number of fused-ring (bicyclic) bond motifs is 5. The van der Waals surface area contributed by atoms with E-state index in [9.17, 15) is 19.2 Å². The van der Waals surface area contributed by atoms with Gasteiger partial charge in [-0.05, 0) is 81.2 Å². The van der Waals surface area contributed by atoms with Crippen LogP contribution in [0.25, 0.3) is 55.6 Å². The zero-order valence-corrected chi connectivity index (χ0v) is 32.4. The number of likely N-dealkylation sites (tertiary alicyclic amines) is 2. The molecule has 6 aromatic rings. The lowest BCUT2D eigenvalue weighted by Crippen LogP contribution is -2.49. The number of carbonyl (C=O) groups is 4. The van der Waals surface area contributed by atoms with Crippen molar-refractivity contribution in [3.05, 3.63) is 72.6 Å². The van der Waals surface area contributed by atoms with Gasteiger partial charge in [0.25, 0.3) is 0 Å². The molecule has 57 heavy (non-hydrogen) atoms. The van der Waals surface area contributed by atoms with Crippen molar-refractivity contribution in [3.63, 3.8) is 0 Å². The summed E-state index contributed by atoms with van der Waals surface area (Å²) in [4.78, 5) is 70.4. The molecule has 8 rings (SSSR count). The Balaban J connectivity index is 1.03. The van der Waals surface area contributed by atoms with Crippen molar-refractivity contribution in [1.82, 2.24) is 40.4 Å². The number of nitrogens with one attached hydrogen (secondary N) is 4. The standard InChI is InChI=1S/C42H46N8O7/c1-23(45-41(53)55-3)39(51)49-19-7-5-9-31(49)37-43-21-29(47-37)26-13-11-25(12-14-26)27-15-16-28(36-34-18-17-33(57-34)35(27)36)30-22-44-38(48-30)32-10-6-8-20-50(32)40(52)24(2)46-42(54)56-4/h11-18,21-24,31-32H,5-10,19-20H2,1-4H3,(H,43,47)(H,44,48)(H,45,53)(H,46,54)/t23-,24-,31-,32-/m0/s1. The number of carbonyl (C=O) groups excluding carboxylic acids is 4. The highest BCUT2D eigenvalue weighted by Crippen LogP contribution is 2.44. The summed E-state index contributed by atoms with van der Waals surface area (Å²) >= 11 is 0. The lowest BCUT2D eigenvalue weighted by molar-refractivity contribution is -0.137. The van der Waals surface area contributed by atoms with E-state index in [0.717, 1.165) is 94.1 Å². The molecule has 4 atom stereocenters. The van der Waals surface area contributed by atoms with E-state index < -0.39 is 24.3 Å². The number of alkyl carbamates (subject to hydrolysis) is 2. The molecule has 0 unspecified atom stereocenters. The number of furan rings is 2. The topological polar surface area (TPSA) is 188 Å². The maximum absolute atomic E-state index is 13.4. The minimum Gasteiger partial charge on any atom is -0.456 e. The zero-order chi connectivity index (χ0) is 39.8. The minimum atomic E-state index is -0.736. The Morgan fingerprint density at radius 3 is 1.68 bits per heavy atom. The largest absolute Gasteiger partial charge is 0.456 e. The highest BCUT2D eigenvalue weighted by Gasteiger charge is 2.35. The van der Waals surface area contributed by atoms with Gasteiger partial charge in [0.1, 0.15) is 34.9 Å². The van der Waals surface area contributed by atoms with Crippen LogP contribution in [0, 0.1) is 0 Å². The van der Waals surface area contributed by atoms with Gasteiger partial charge in [0.15, 0.2) is 0 Å². The zero-order valence-electron chi connectivity index (χ0n) is 32.4. The second-order valence-electron chi connectivity index (χ2n) is 14.8. The maximum Gasteiger partial charge on any atom is 0.407 e. The SMILES string of the molecule is COC(=O)N[C@@H](C)C(=O)N1CCCC[C@H]1c1ncc(-c2ccc(-c3ccc(-c4cnc([C@@H]5CCCCN5C(=O)[C@H](C)NC(=O)OC)[nH]4)c4c5ccc(o5)c34)cc2)[nH]1. The first kappa shape index (κ1) is 37.5. The fourth-order valence-corrected chi connectivity index (χ4v) is 8.36. The van der Waals surface area contributed by atoms with Gasteiger partial charge in [0, 0.05) is 29.4 Å². The predicted molar refractivity (Wildman–Crippen MR) is 212 cm³/mol. The van der Waals surface area contributed by atoms with Crippen molar-refractivity contribution in [3.8, 4) is 33.6 Å². The number of hydrogen-bond donors (Lipinski definition) is 4. The first-order valence-corrected chi connectivity index (χ1v) is 19.4. The highest BCUT2D eigenvalue weighted by atomic mass is 16.5. The molecule has 4 N–H and O–H groups in total. The average molecular weight is 775 g/mol. The van der Waals surface area contributed by atoms with Crippen LogP contribution in [0.3, 0.4) is 0 Å². The van der Waals surface area contributed by atoms with Crippen LogP contribution >= 0.6 is 0 Å². The molecule has 6 heterocycles. The number of aromatic nitrogens is 4. The number of hydrogen-bond acceptors (Lipinski definition) is 9. The quantitative estimate of drug-likeness (QED) is 0.119. The van der Waals surface area contributed by atoms with E-state index in [-0.39, 0.29) is 23.9 Å². The molecule has 0 saturated carbocycles. The van der Waals surface area contributed by atoms with E-state index in [1.165, 1.54) is 14.2 Å². The van der Waals surface area contributed by atoms with Gasteiger partial charge >= 0.3 is 12.2 Å². The molecule has 0 aliphatic carbocycles. The molecule has 2 saturated heterocycles. The van der Waals surface area contributed by atoms with Gasteiger partial charge in [-0.3, -0.25) is 9.59 Å². The summed E-state index contributed by atoms with van der Waals surface area (Å²) in [5.41, 5.74) is 7.18. The van der Waals surface area contributed by atoms with Crippen molar-refractivity contribution in [1.29, 1.82) is 0 Å². The van der Waals surface area contributed by atoms with Crippen LogP contribution in [0.4, 0.5) is 9.59 Å². The number of benzene rings is 3. The van der Waals surface area contributed by atoms with Crippen molar-refractivity contribution in [2.75, 3.05) is 27.3 Å². The number of amides is 4. The Bertz CT molecular complexity index is 2420. The number of nitrogens with zero attached hydrogens (tertiary/aromatic N) is 4. The summed E-state index contributed by atoms with van der Waals surface area (Å²) in [6.45, 7) is 4.48. The number of rotatable bonds is 9. The Kier molecular flexibility index (Phi) is 10.3. The second-order valence-corrected chi connectivity index (χ2v) is 14.8. The van der Waals surface area contributed by atoms with Gasteiger partial charge in [-0.25, -0.2) is 19.6 Å². The van der Waals surface area contributed by atoms with E-state index in [2.05, 4.69) is 61.7 Å². The Morgan fingerprint density at radius 2 is 1.14 bits per heavy atom. The molecule has 2 aliphatic heterocycles. The molecule has 0 radical (unpaired) electrons. The molecule has 4 aromatic heterocycles. The maximum atomic E-state index is 13.4. The van der Waals surface area contributed by atoms with Crippen LogP contribution in [-0.4, -0.2) is 93.1 Å². The summed E-state index contributed by atoms with van der Waals surface area (Å²) in [5, 5.41) is 7.17. The number of methoxy groups -OCH3 is 2. The normalized spacial score (nSPS) is 18.4. The van der Waals surface area contributed by atoms with E-state index in [1.807, 2.05) is 18.3 Å². The molecule has 2 aliphatic rings. The molecule has 15 heteroatoms. The molecule has 2 aromatic carbocycles. The van der Waals surface area contributed by atoms with Crippen LogP contribution in [0.2, 0.25) is 0 Å². The number of H-pyrrole nitrogens is 2. The summed E-state index contributed by atoms with van der Waals surface area (Å²) in [7, 11) is 2.55. The van der Waals surface area contributed by atoms with Crippen molar-refractivity contribution in [2.45, 2.75) is 76.5 Å². The number of piperidine rings is 2. The average Bonchev–Trinajstić information content (AvgIpc) is 4.09. The van der Waals surface area contributed by atoms with Gasteiger partial charge in [-0.15, -0.1) is 0 Å². The lowest BCUT2D eigenvalue weighted by Gasteiger charge is -2.36. The smallest absolute Gasteiger partial charge is 0.407 e. The minimum absolute atomic E-state index is 0.175. The van der Waals surface area contributed by atoms with Gasteiger partial charge < -0.3 is 44.3 Å². The fraction of sp³-hybridized carbons (Fsp3) is 0.381. The fourth-order valence-electron chi connectivity index (χ4n) is 8.36. The molecule has 15 nitrogen and oxygen atoms in total. The van der Waals surface area contributed by atoms with Crippen LogP contribution < -0.4 is 10.6 Å². The monoisotopic (exact) mass is 774 g/mol.